The molecule has 0 aliphatic heterocycles. The van der Waals surface area contributed by atoms with Crippen molar-refractivity contribution < 1.29 is 0 Å². The number of aromatic nitrogens is 3. The Morgan fingerprint density at radius 3 is 2.79 bits per heavy atom. The van der Waals surface area contributed by atoms with Gasteiger partial charge in [0.1, 0.15) is 0 Å². The monoisotopic (exact) mass is 348 g/mol. The van der Waals surface area contributed by atoms with Crippen LogP contribution in [0.15, 0.2) is 10.9 Å². The van der Waals surface area contributed by atoms with E-state index in [4.69, 9.17) is 0 Å². The number of anilines is 1. The van der Waals surface area contributed by atoms with E-state index in [-0.39, 0.29) is 5.56 Å². The molecule has 1 N–H and O–H groups in total. The van der Waals surface area contributed by atoms with E-state index in [2.05, 4.69) is 36.2 Å². The first-order chi connectivity index (χ1) is 11.4. The first-order valence-corrected chi connectivity index (χ1v) is 9.85. The normalized spacial score (nSPS) is 22.5. The van der Waals surface area contributed by atoms with Gasteiger partial charge in [-0.05, 0) is 43.4 Å². The average molecular weight is 349 g/mol. The number of hydrogen-bond donors (Lipinski definition) is 1. The van der Waals surface area contributed by atoms with E-state index in [9.17, 15) is 4.79 Å². The van der Waals surface area contributed by atoms with Crippen molar-refractivity contribution in [2.24, 2.45) is 11.3 Å². The molecular weight excluding hydrogens is 320 g/mol. The molecule has 132 valence electrons. The predicted molar refractivity (Wildman–Crippen MR) is 100.0 cm³/mol. The third-order valence-electron chi connectivity index (χ3n) is 5.18. The van der Waals surface area contributed by atoms with E-state index in [1.54, 1.807) is 6.07 Å². The molecule has 0 amide bonds. The molecule has 5 nitrogen and oxygen atoms in total. The Kier molecular flexibility index (Phi) is 4.95. The van der Waals surface area contributed by atoms with Crippen molar-refractivity contribution in [1.29, 1.82) is 0 Å². The molecular formula is C18H28N4OS. The second-order valence-electron chi connectivity index (χ2n) is 7.95. The van der Waals surface area contributed by atoms with Crippen molar-refractivity contribution in [3.63, 3.8) is 0 Å². The Balaban J connectivity index is 1.73. The van der Waals surface area contributed by atoms with E-state index in [1.165, 1.54) is 48.0 Å². The van der Waals surface area contributed by atoms with Gasteiger partial charge in [-0.3, -0.25) is 4.79 Å². The molecule has 0 spiro atoms. The van der Waals surface area contributed by atoms with Crippen molar-refractivity contribution in [2.45, 2.75) is 72.3 Å². The number of aryl methyl sites for hydroxylation is 1. The van der Waals surface area contributed by atoms with Gasteiger partial charge in [0.15, 0.2) is 0 Å². The third kappa shape index (κ3) is 3.79. The maximum atomic E-state index is 12.1. The summed E-state index contributed by atoms with van der Waals surface area (Å²) < 4.78 is 1.42. The van der Waals surface area contributed by atoms with Crippen LogP contribution in [0.3, 0.4) is 0 Å². The van der Waals surface area contributed by atoms with Crippen LogP contribution in [0.1, 0.15) is 65.5 Å². The maximum absolute atomic E-state index is 12.1. The van der Waals surface area contributed by atoms with E-state index < -0.39 is 0 Å². The molecule has 0 aromatic carbocycles. The van der Waals surface area contributed by atoms with Gasteiger partial charge < -0.3 is 5.32 Å². The number of nitrogens with zero attached hydrogens (tertiary/aromatic N) is 3. The maximum Gasteiger partial charge on any atom is 0.275 e. The highest BCUT2D eigenvalue weighted by Crippen LogP contribution is 2.37. The zero-order valence-corrected chi connectivity index (χ0v) is 15.9. The van der Waals surface area contributed by atoms with Crippen LogP contribution in [0.25, 0.3) is 4.96 Å². The van der Waals surface area contributed by atoms with Gasteiger partial charge in [0.25, 0.3) is 5.56 Å². The second kappa shape index (κ2) is 6.82. The van der Waals surface area contributed by atoms with Crippen molar-refractivity contribution in [2.75, 3.05) is 5.32 Å². The Morgan fingerprint density at radius 2 is 2.08 bits per heavy atom. The van der Waals surface area contributed by atoms with E-state index >= 15 is 0 Å². The Morgan fingerprint density at radius 1 is 1.29 bits per heavy atom. The quantitative estimate of drug-likeness (QED) is 0.848. The fourth-order valence-corrected chi connectivity index (χ4v) is 4.48. The second-order valence-corrected chi connectivity index (χ2v) is 8.91. The van der Waals surface area contributed by atoms with Gasteiger partial charge in [-0.1, -0.05) is 45.5 Å². The molecule has 2 atom stereocenters. The van der Waals surface area contributed by atoms with Crippen LogP contribution in [0, 0.1) is 11.3 Å². The van der Waals surface area contributed by atoms with Crippen LogP contribution in [0.4, 0.5) is 5.13 Å². The van der Waals surface area contributed by atoms with Crippen LogP contribution in [0.5, 0.6) is 0 Å². The van der Waals surface area contributed by atoms with Crippen molar-refractivity contribution in [3.05, 3.63) is 22.1 Å². The molecule has 0 bridgehead atoms. The van der Waals surface area contributed by atoms with Crippen molar-refractivity contribution >= 4 is 21.4 Å². The van der Waals surface area contributed by atoms with Gasteiger partial charge >= 0.3 is 0 Å². The lowest BCUT2D eigenvalue weighted by molar-refractivity contribution is 0.214. The minimum Gasteiger partial charge on any atom is -0.357 e. The SMILES string of the molecule is CCc1cc(=O)n2nc(NC3CCCC(C(C)(C)C)CC3)sc2n1. The number of hydrogen-bond acceptors (Lipinski definition) is 5. The molecule has 6 heteroatoms. The minimum absolute atomic E-state index is 0.0881. The Labute approximate surface area is 147 Å². The van der Waals surface area contributed by atoms with Gasteiger partial charge in [0.05, 0.1) is 0 Å². The zero-order chi connectivity index (χ0) is 17.3. The summed E-state index contributed by atoms with van der Waals surface area (Å²) in [6.07, 6.45) is 6.92. The molecule has 0 radical (unpaired) electrons. The molecule has 2 unspecified atom stereocenters. The molecule has 1 fully saturated rings. The van der Waals surface area contributed by atoms with Crippen LogP contribution in [-0.2, 0) is 6.42 Å². The molecule has 1 saturated carbocycles. The molecule has 24 heavy (non-hydrogen) atoms. The highest BCUT2D eigenvalue weighted by molar-refractivity contribution is 7.20. The van der Waals surface area contributed by atoms with Gasteiger partial charge in [0.2, 0.25) is 10.1 Å². The van der Waals surface area contributed by atoms with Gasteiger partial charge in [-0.25, -0.2) is 4.98 Å². The van der Waals surface area contributed by atoms with Gasteiger partial charge in [-0.15, -0.1) is 5.10 Å². The topological polar surface area (TPSA) is 59.3 Å². The smallest absolute Gasteiger partial charge is 0.275 e. The fraction of sp³-hybridized carbons (Fsp3) is 0.722. The summed E-state index contributed by atoms with van der Waals surface area (Å²) in [4.78, 5) is 17.3. The summed E-state index contributed by atoms with van der Waals surface area (Å²) in [7, 11) is 0. The number of rotatable bonds is 3. The van der Waals surface area contributed by atoms with Gasteiger partial charge in [-0.2, -0.15) is 4.52 Å². The zero-order valence-electron chi connectivity index (χ0n) is 15.1. The summed E-state index contributed by atoms with van der Waals surface area (Å²) in [6, 6.07) is 2.02. The van der Waals surface area contributed by atoms with Crippen LogP contribution in [-0.4, -0.2) is 20.6 Å². The molecule has 2 aromatic heterocycles. The highest BCUT2D eigenvalue weighted by atomic mass is 32.1. The molecule has 3 rings (SSSR count). The predicted octanol–water partition coefficient (Wildman–Crippen LogP) is 4.12. The first kappa shape index (κ1) is 17.4. The summed E-state index contributed by atoms with van der Waals surface area (Å²) >= 11 is 1.48. The largest absolute Gasteiger partial charge is 0.357 e. The van der Waals surface area contributed by atoms with E-state index in [0.717, 1.165) is 23.2 Å². The Hall–Kier alpha value is -1.43. The summed E-state index contributed by atoms with van der Waals surface area (Å²) in [5, 5.41) is 8.80. The lowest BCUT2D eigenvalue weighted by Gasteiger charge is -2.29. The van der Waals surface area contributed by atoms with Crippen LogP contribution in [0.2, 0.25) is 0 Å². The third-order valence-corrected chi connectivity index (χ3v) is 6.02. The Bertz CT molecular complexity index is 758. The molecule has 2 aromatic rings. The summed E-state index contributed by atoms with van der Waals surface area (Å²) in [5.41, 5.74) is 1.13. The van der Waals surface area contributed by atoms with Crippen LogP contribution >= 0.6 is 11.3 Å². The molecule has 1 aliphatic rings. The van der Waals surface area contributed by atoms with Crippen molar-refractivity contribution in [3.8, 4) is 0 Å². The first-order valence-electron chi connectivity index (χ1n) is 9.03. The lowest BCUT2D eigenvalue weighted by Crippen LogP contribution is -2.22. The van der Waals surface area contributed by atoms with Crippen molar-refractivity contribution in [1.82, 2.24) is 14.6 Å². The molecule has 2 heterocycles. The van der Waals surface area contributed by atoms with E-state index in [1.807, 2.05) is 6.92 Å². The average Bonchev–Trinajstić information content (AvgIpc) is 2.75. The molecule has 0 saturated heterocycles. The summed E-state index contributed by atoms with van der Waals surface area (Å²) in [6.45, 7) is 9.06. The van der Waals surface area contributed by atoms with Gasteiger partial charge in [0, 0.05) is 17.8 Å². The fourth-order valence-electron chi connectivity index (χ4n) is 3.58. The number of nitrogens with one attached hydrogen (secondary N) is 1. The van der Waals surface area contributed by atoms with E-state index in [0.29, 0.717) is 16.4 Å². The minimum atomic E-state index is -0.0881. The molecule has 1 aliphatic carbocycles. The standard InChI is InChI=1S/C18H28N4OS/c1-5-13-11-15(23)22-17(20-13)24-16(21-22)19-14-8-6-7-12(9-10-14)18(2,3)4/h11-12,14H,5-10H2,1-4H3,(H,19,21). The highest BCUT2D eigenvalue weighted by Gasteiger charge is 2.28. The summed E-state index contributed by atoms with van der Waals surface area (Å²) in [5.74, 6) is 0.788. The lowest BCUT2D eigenvalue weighted by atomic mass is 9.76. The van der Waals surface area contributed by atoms with Crippen LogP contribution < -0.4 is 10.9 Å². The number of fused-ring (bicyclic) bond motifs is 1.